The summed E-state index contributed by atoms with van der Waals surface area (Å²) in [5.41, 5.74) is 1.55. The summed E-state index contributed by atoms with van der Waals surface area (Å²) in [5.74, 6) is 0.774. The lowest BCUT2D eigenvalue weighted by atomic mass is 9.93. The largest absolute Gasteiger partial charge is 0.326 e. The fraction of sp³-hybridized carbons (Fsp3) is 0.636. The summed E-state index contributed by atoms with van der Waals surface area (Å²) in [5, 5.41) is 9.25. The first-order valence-electron chi connectivity index (χ1n) is 10.8. The maximum absolute atomic E-state index is 12.2. The molecule has 0 saturated carbocycles. The molecule has 2 amide bonds. The number of hydrogen-bond acceptors (Lipinski definition) is 4. The molecule has 28 heavy (non-hydrogen) atoms. The third kappa shape index (κ3) is 7.24. The molecule has 0 aliphatic carbocycles. The molecule has 0 unspecified atom stereocenters. The highest BCUT2D eigenvalue weighted by Gasteiger charge is 2.15. The molecule has 1 aromatic carbocycles. The van der Waals surface area contributed by atoms with Crippen LogP contribution in [0.1, 0.15) is 51.4 Å². The molecular formula is C22H34N4O2. The molecule has 154 valence electrons. The fourth-order valence-electron chi connectivity index (χ4n) is 4.03. The lowest BCUT2D eigenvalue weighted by Gasteiger charge is -2.25. The van der Waals surface area contributed by atoms with Gasteiger partial charge in [-0.1, -0.05) is 6.42 Å². The van der Waals surface area contributed by atoms with Gasteiger partial charge in [0.05, 0.1) is 0 Å². The highest BCUT2D eigenvalue weighted by Crippen LogP contribution is 2.19. The molecule has 6 heteroatoms. The molecule has 2 heterocycles. The van der Waals surface area contributed by atoms with Gasteiger partial charge in [0.1, 0.15) is 0 Å². The van der Waals surface area contributed by atoms with Gasteiger partial charge in [0.25, 0.3) is 0 Å². The molecule has 0 aromatic heterocycles. The summed E-state index contributed by atoms with van der Waals surface area (Å²) in [6.45, 7) is 5.19. The van der Waals surface area contributed by atoms with Crippen molar-refractivity contribution in [2.24, 2.45) is 5.92 Å². The van der Waals surface area contributed by atoms with E-state index in [2.05, 4.69) is 20.9 Å². The van der Waals surface area contributed by atoms with Gasteiger partial charge in [0, 0.05) is 30.8 Å². The van der Waals surface area contributed by atoms with Gasteiger partial charge in [-0.3, -0.25) is 9.59 Å². The Morgan fingerprint density at radius 2 is 1.46 bits per heavy atom. The number of piperidine rings is 2. The molecule has 2 aliphatic heterocycles. The van der Waals surface area contributed by atoms with Crippen LogP contribution in [-0.2, 0) is 9.59 Å². The third-order valence-corrected chi connectivity index (χ3v) is 5.79. The molecule has 3 rings (SSSR count). The van der Waals surface area contributed by atoms with Crippen molar-refractivity contribution in [3.63, 3.8) is 0 Å². The normalized spacial score (nSPS) is 18.6. The lowest BCUT2D eigenvalue weighted by Crippen LogP contribution is -2.32. The number of amides is 2. The SMILES string of the molecule is O=C(CCC1CCNCC1)Nc1ccc(NC(=O)CCN2CCCCC2)cc1. The number of nitrogens with one attached hydrogen (secondary N) is 3. The van der Waals surface area contributed by atoms with E-state index in [1.165, 1.54) is 32.1 Å². The van der Waals surface area contributed by atoms with Crippen LogP contribution in [-0.4, -0.2) is 49.4 Å². The van der Waals surface area contributed by atoms with Gasteiger partial charge in [-0.15, -0.1) is 0 Å². The van der Waals surface area contributed by atoms with Gasteiger partial charge >= 0.3 is 0 Å². The second-order valence-corrected chi connectivity index (χ2v) is 8.06. The van der Waals surface area contributed by atoms with Crippen molar-refractivity contribution < 1.29 is 9.59 Å². The van der Waals surface area contributed by atoms with E-state index in [-0.39, 0.29) is 11.8 Å². The second-order valence-electron chi connectivity index (χ2n) is 8.06. The topological polar surface area (TPSA) is 73.5 Å². The average Bonchev–Trinajstić information content (AvgIpc) is 2.74. The summed E-state index contributed by atoms with van der Waals surface area (Å²) in [7, 11) is 0. The van der Waals surface area contributed by atoms with Crippen LogP contribution in [0.2, 0.25) is 0 Å². The first-order chi connectivity index (χ1) is 13.7. The van der Waals surface area contributed by atoms with Crippen LogP contribution >= 0.6 is 0 Å². The summed E-state index contributed by atoms with van der Waals surface area (Å²) in [6, 6.07) is 7.40. The number of hydrogen-bond donors (Lipinski definition) is 3. The van der Waals surface area contributed by atoms with E-state index < -0.39 is 0 Å². The minimum absolute atomic E-state index is 0.0457. The minimum Gasteiger partial charge on any atom is -0.326 e. The monoisotopic (exact) mass is 386 g/mol. The Labute approximate surface area is 168 Å². The smallest absolute Gasteiger partial charge is 0.225 e. The van der Waals surface area contributed by atoms with Gasteiger partial charge < -0.3 is 20.9 Å². The van der Waals surface area contributed by atoms with Crippen LogP contribution in [0.5, 0.6) is 0 Å². The molecule has 6 nitrogen and oxygen atoms in total. The first-order valence-corrected chi connectivity index (χ1v) is 10.8. The number of anilines is 2. The Morgan fingerprint density at radius 3 is 2.07 bits per heavy atom. The standard InChI is InChI=1S/C22H34N4O2/c27-21(9-4-18-10-13-23-14-11-18)24-19-5-7-20(8-6-19)25-22(28)12-17-26-15-2-1-3-16-26/h5-8,18,23H,1-4,9-17H2,(H,24,27)(H,25,28). The van der Waals surface area contributed by atoms with Crippen molar-refractivity contribution >= 4 is 23.2 Å². The van der Waals surface area contributed by atoms with E-state index in [9.17, 15) is 9.59 Å². The Hall–Kier alpha value is -1.92. The van der Waals surface area contributed by atoms with Crippen molar-refractivity contribution in [1.29, 1.82) is 0 Å². The maximum Gasteiger partial charge on any atom is 0.225 e. The van der Waals surface area contributed by atoms with E-state index in [1.807, 2.05) is 24.3 Å². The molecule has 2 saturated heterocycles. The van der Waals surface area contributed by atoms with Crippen LogP contribution in [0.25, 0.3) is 0 Å². The predicted molar refractivity (Wildman–Crippen MR) is 113 cm³/mol. The van der Waals surface area contributed by atoms with Crippen LogP contribution in [0.3, 0.4) is 0 Å². The van der Waals surface area contributed by atoms with Crippen LogP contribution in [0.15, 0.2) is 24.3 Å². The minimum atomic E-state index is 0.0457. The molecule has 2 aliphatic rings. The van der Waals surface area contributed by atoms with Crippen molar-refractivity contribution in [1.82, 2.24) is 10.2 Å². The molecule has 0 radical (unpaired) electrons. The average molecular weight is 387 g/mol. The van der Waals surface area contributed by atoms with Crippen LogP contribution < -0.4 is 16.0 Å². The van der Waals surface area contributed by atoms with E-state index in [0.717, 1.165) is 50.5 Å². The van der Waals surface area contributed by atoms with E-state index in [0.29, 0.717) is 18.8 Å². The van der Waals surface area contributed by atoms with Crippen molar-refractivity contribution in [2.45, 2.75) is 51.4 Å². The molecule has 1 aromatic rings. The molecular weight excluding hydrogens is 352 g/mol. The zero-order chi connectivity index (χ0) is 19.6. The van der Waals surface area contributed by atoms with E-state index >= 15 is 0 Å². The van der Waals surface area contributed by atoms with Gasteiger partial charge in [-0.2, -0.15) is 0 Å². The Morgan fingerprint density at radius 1 is 0.893 bits per heavy atom. The predicted octanol–water partition coefficient (Wildman–Crippen LogP) is 3.22. The molecule has 0 bridgehead atoms. The summed E-state index contributed by atoms with van der Waals surface area (Å²) in [6.07, 6.45) is 8.18. The first kappa shape index (κ1) is 20.8. The zero-order valence-electron chi connectivity index (χ0n) is 16.8. The number of benzene rings is 1. The second kappa shape index (κ2) is 11.2. The summed E-state index contributed by atoms with van der Waals surface area (Å²) in [4.78, 5) is 26.7. The van der Waals surface area contributed by atoms with Gasteiger partial charge in [0.15, 0.2) is 0 Å². The Kier molecular flexibility index (Phi) is 8.30. The number of rotatable bonds is 8. The van der Waals surface area contributed by atoms with Crippen molar-refractivity contribution in [3.8, 4) is 0 Å². The number of carbonyl (C=O) groups is 2. The van der Waals surface area contributed by atoms with Crippen molar-refractivity contribution in [2.75, 3.05) is 43.4 Å². The zero-order valence-corrected chi connectivity index (χ0v) is 16.8. The number of nitrogens with zero attached hydrogens (tertiary/aromatic N) is 1. The fourth-order valence-corrected chi connectivity index (χ4v) is 4.03. The maximum atomic E-state index is 12.2. The van der Waals surface area contributed by atoms with E-state index in [4.69, 9.17) is 0 Å². The van der Waals surface area contributed by atoms with Gasteiger partial charge in [-0.25, -0.2) is 0 Å². The lowest BCUT2D eigenvalue weighted by molar-refractivity contribution is -0.117. The van der Waals surface area contributed by atoms with Gasteiger partial charge in [0.2, 0.25) is 11.8 Å². The third-order valence-electron chi connectivity index (χ3n) is 5.79. The summed E-state index contributed by atoms with van der Waals surface area (Å²) >= 11 is 0. The van der Waals surface area contributed by atoms with E-state index in [1.54, 1.807) is 0 Å². The van der Waals surface area contributed by atoms with Gasteiger partial charge in [-0.05, 0) is 88.5 Å². The summed E-state index contributed by atoms with van der Waals surface area (Å²) < 4.78 is 0. The Bertz CT molecular complexity index is 565. The highest BCUT2D eigenvalue weighted by molar-refractivity contribution is 5.93. The molecule has 0 atom stereocenters. The van der Waals surface area contributed by atoms with Crippen LogP contribution in [0, 0.1) is 5.92 Å². The Balaban J connectivity index is 1.35. The number of carbonyl (C=O) groups excluding carboxylic acids is 2. The van der Waals surface area contributed by atoms with Crippen LogP contribution in [0.4, 0.5) is 11.4 Å². The molecule has 2 fully saturated rings. The molecule has 0 spiro atoms. The molecule has 3 N–H and O–H groups in total. The highest BCUT2D eigenvalue weighted by atomic mass is 16.2. The number of likely N-dealkylation sites (tertiary alicyclic amines) is 1. The quantitative estimate of drug-likeness (QED) is 0.641. The van der Waals surface area contributed by atoms with Crippen molar-refractivity contribution in [3.05, 3.63) is 24.3 Å².